The molecule has 0 aliphatic heterocycles. The molecule has 0 aliphatic carbocycles. The van der Waals surface area contributed by atoms with E-state index in [9.17, 15) is 9.36 Å². The van der Waals surface area contributed by atoms with Crippen LogP contribution in [0.15, 0.2) is 30.1 Å². The molecule has 0 amide bonds. The third-order valence-electron chi connectivity index (χ3n) is 2.40. The van der Waals surface area contributed by atoms with Crippen molar-refractivity contribution in [3.63, 3.8) is 0 Å². The minimum absolute atomic E-state index is 0.163. The van der Waals surface area contributed by atoms with Crippen LogP contribution in [0, 0.1) is 0 Å². The van der Waals surface area contributed by atoms with Gasteiger partial charge in [-0.1, -0.05) is 12.1 Å². The molecule has 0 saturated carbocycles. The van der Waals surface area contributed by atoms with Crippen LogP contribution in [-0.4, -0.2) is 30.8 Å². The molecule has 2 N–H and O–H groups in total. The zero-order valence-corrected chi connectivity index (χ0v) is 13.0. The smallest absolute Gasteiger partial charge is 0.354 e. The Morgan fingerprint density at radius 2 is 2.00 bits per heavy atom. The van der Waals surface area contributed by atoms with E-state index < -0.39 is 13.6 Å². The molecule has 0 atom stereocenters. The summed E-state index contributed by atoms with van der Waals surface area (Å²) in [5.41, 5.74) is 1.44. The molecule has 116 valence electrons. The third-order valence-corrected chi connectivity index (χ3v) is 4.15. The average Bonchev–Trinajstić information content (AvgIpc) is 2.44. The molecule has 1 aromatic rings. The van der Waals surface area contributed by atoms with E-state index in [0.29, 0.717) is 18.9 Å². The molecule has 0 aromatic heterocycles. The Morgan fingerprint density at radius 3 is 2.57 bits per heavy atom. The van der Waals surface area contributed by atoms with E-state index in [2.05, 4.69) is 5.32 Å². The van der Waals surface area contributed by atoms with Crippen LogP contribution < -0.4 is 5.32 Å². The van der Waals surface area contributed by atoms with Crippen LogP contribution in [-0.2, 0) is 18.4 Å². The van der Waals surface area contributed by atoms with Crippen molar-refractivity contribution in [2.24, 2.45) is 0 Å². The van der Waals surface area contributed by atoms with Gasteiger partial charge in [0, 0.05) is 11.5 Å². The standard InChI is InChI=1S/C14H20NO5P/c1-3-19-21(18,20-4-2)9-8-12-6-5-7-13(10-12)15-11-14(16)17/h5-10,15H,3-4,11H2,1-2H3,(H,16,17)/b9-8+. The molecular weight excluding hydrogens is 293 g/mol. The molecular formula is C14H20NO5P. The second-order valence-corrected chi connectivity index (χ2v) is 5.96. The van der Waals surface area contributed by atoms with Crippen LogP contribution in [0.25, 0.3) is 6.08 Å². The van der Waals surface area contributed by atoms with Crippen LogP contribution in [0.3, 0.4) is 0 Å². The summed E-state index contributed by atoms with van der Waals surface area (Å²) in [6, 6.07) is 7.09. The van der Waals surface area contributed by atoms with Crippen molar-refractivity contribution in [3.8, 4) is 0 Å². The molecule has 0 bridgehead atoms. The van der Waals surface area contributed by atoms with E-state index in [1.165, 1.54) is 5.82 Å². The monoisotopic (exact) mass is 313 g/mol. The van der Waals surface area contributed by atoms with Gasteiger partial charge in [-0.25, -0.2) is 0 Å². The topological polar surface area (TPSA) is 84.9 Å². The van der Waals surface area contributed by atoms with Gasteiger partial charge in [-0.2, -0.15) is 0 Å². The van der Waals surface area contributed by atoms with Gasteiger partial charge in [0.05, 0.1) is 13.2 Å². The molecule has 1 aromatic carbocycles. The predicted octanol–water partition coefficient (Wildman–Crippen LogP) is 3.42. The van der Waals surface area contributed by atoms with Gasteiger partial charge in [0.15, 0.2) is 0 Å². The highest BCUT2D eigenvalue weighted by atomic mass is 31.2. The zero-order valence-electron chi connectivity index (χ0n) is 12.1. The van der Waals surface area contributed by atoms with Crippen molar-refractivity contribution in [2.45, 2.75) is 13.8 Å². The first-order valence-corrected chi connectivity index (χ1v) is 8.24. The number of benzene rings is 1. The number of carboxylic acids is 1. The number of hydrogen-bond donors (Lipinski definition) is 2. The number of nitrogens with one attached hydrogen (secondary N) is 1. The average molecular weight is 313 g/mol. The molecule has 0 aliphatic rings. The normalized spacial score (nSPS) is 11.7. The van der Waals surface area contributed by atoms with Gasteiger partial charge in [-0.05, 0) is 37.6 Å². The van der Waals surface area contributed by atoms with E-state index in [4.69, 9.17) is 14.2 Å². The Balaban J connectivity index is 2.81. The van der Waals surface area contributed by atoms with E-state index in [1.807, 2.05) is 6.07 Å². The SMILES string of the molecule is CCOP(=O)(/C=C/c1cccc(NCC(=O)O)c1)OCC. The van der Waals surface area contributed by atoms with Crippen LogP contribution in [0.1, 0.15) is 19.4 Å². The second kappa shape index (κ2) is 8.62. The second-order valence-electron chi connectivity index (χ2n) is 4.06. The Hall–Kier alpha value is -1.62. The number of carbonyl (C=O) groups is 1. The number of hydrogen-bond acceptors (Lipinski definition) is 5. The summed E-state index contributed by atoms with van der Waals surface area (Å²) in [6.07, 6.45) is 1.64. The van der Waals surface area contributed by atoms with E-state index >= 15 is 0 Å². The summed E-state index contributed by atoms with van der Waals surface area (Å²) in [5.74, 6) is 0.476. The molecule has 21 heavy (non-hydrogen) atoms. The Kier molecular flexibility index (Phi) is 7.15. The first kappa shape index (κ1) is 17.4. The van der Waals surface area contributed by atoms with Crippen molar-refractivity contribution in [2.75, 3.05) is 25.1 Å². The zero-order chi connectivity index (χ0) is 15.7. The summed E-state index contributed by atoms with van der Waals surface area (Å²) >= 11 is 0. The molecule has 0 radical (unpaired) electrons. The fourth-order valence-electron chi connectivity index (χ4n) is 1.59. The highest BCUT2D eigenvalue weighted by Crippen LogP contribution is 2.50. The van der Waals surface area contributed by atoms with Gasteiger partial charge in [0.2, 0.25) is 0 Å². The van der Waals surface area contributed by atoms with Gasteiger partial charge in [-0.3, -0.25) is 9.36 Å². The molecule has 0 saturated heterocycles. The Morgan fingerprint density at radius 1 is 1.33 bits per heavy atom. The summed E-state index contributed by atoms with van der Waals surface area (Å²) in [7, 11) is -3.23. The van der Waals surface area contributed by atoms with Crippen molar-refractivity contribution in [3.05, 3.63) is 35.6 Å². The summed E-state index contributed by atoms with van der Waals surface area (Å²) in [6.45, 7) is 3.92. The maximum Gasteiger partial charge on any atom is 0.354 e. The number of carboxylic acid groups (broad SMARTS) is 1. The van der Waals surface area contributed by atoms with Crippen molar-refractivity contribution >= 4 is 25.3 Å². The molecule has 0 unspecified atom stereocenters. The summed E-state index contributed by atoms with van der Waals surface area (Å²) < 4.78 is 22.6. The first-order valence-electron chi connectivity index (χ1n) is 6.63. The molecule has 6 nitrogen and oxygen atoms in total. The highest BCUT2D eigenvalue weighted by molar-refractivity contribution is 7.57. The highest BCUT2D eigenvalue weighted by Gasteiger charge is 2.18. The fourth-order valence-corrected chi connectivity index (χ4v) is 2.91. The predicted molar refractivity (Wildman–Crippen MR) is 82.5 cm³/mol. The molecule has 1 rings (SSSR count). The van der Waals surface area contributed by atoms with Crippen LogP contribution in [0.2, 0.25) is 0 Å². The van der Waals surface area contributed by atoms with Gasteiger partial charge >= 0.3 is 13.6 Å². The van der Waals surface area contributed by atoms with Crippen molar-refractivity contribution in [1.29, 1.82) is 0 Å². The van der Waals surface area contributed by atoms with Gasteiger partial charge in [-0.15, -0.1) is 0 Å². The lowest BCUT2D eigenvalue weighted by Crippen LogP contribution is -2.12. The Bertz CT molecular complexity index is 534. The van der Waals surface area contributed by atoms with Gasteiger partial charge < -0.3 is 19.5 Å². The van der Waals surface area contributed by atoms with Gasteiger partial charge in [0.1, 0.15) is 6.54 Å². The quantitative estimate of drug-likeness (QED) is 0.680. The number of anilines is 1. The maximum atomic E-state index is 12.3. The minimum Gasteiger partial charge on any atom is -0.480 e. The van der Waals surface area contributed by atoms with E-state index in [1.54, 1.807) is 38.1 Å². The molecule has 0 fully saturated rings. The number of aliphatic carboxylic acids is 1. The van der Waals surface area contributed by atoms with Crippen molar-refractivity contribution in [1.82, 2.24) is 0 Å². The fraction of sp³-hybridized carbons (Fsp3) is 0.357. The van der Waals surface area contributed by atoms with Crippen LogP contribution in [0.4, 0.5) is 5.69 Å². The van der Waals surface area contributed by atoms with Crippen molar-refractivity contribution < 1.29 is 23.5 Å². The maximum absolute atomic E-state index is 12.3. The van der Waals surface area contributed by atoms with Crippen LogP contribution in [0.5, 0.6) is 0 Å². The minimum atomic E-state index is -3.23. The molecule has 7 heteroatoms. The molecule has 0 spiro atoms. The first-order chi connectivity index (χ1) is 9.99. The number of rotatable bonds is 9. The lowest BCUT2D eigenvalue weighted by atomic mass is 10.2. The Labute approximate surface area is 124 Å². The van der Waals surface area contributed by atoms with Crippen LogP contribution >= 0.6 is 7.60 Å². The molecule has 0 heterocycles. The van der Waals surface area contributed by atoms with Gasteiger partial charge in [0.25, 0.3) is 0 Å². The third kappa shape index (κ3) is 6.58. The summed E-state index contributed by atoms with van der Waals surface area (Å²) in [4.78, 5) is 10.5. The van der Waals surface area contributed by atoms with E-state index in [-0.39, 0.29) is 6.54 Å². The van der Waals surface area contributed by atoms with E-state index in [0.717, 1.165) is 5.56 Å². The largest absolute Gasteiger partial charge is 0.480 e. The lowest BCUT2D eigenvalue weighted by molar-refractivity contribution is -0.134. The summed E-state index contributed by atoms with van der Waals surface area (Å²) in [5, 5.41) is 11.4. The lowest BCUT2D eigenvalue weighted by Gasteiger charge is -2.12.